The van der Waals surface area contributed by atoms with Crippen molar-refractivity contribution in [2.24, 2.45) is 16.2 Å². The highest BCUT2D eigenvalue weighted by Crippen LogP contribution is 2.46. The van der Waals surface area contributed by atoms with Gasteiger partial charge in [-0.25, -0.2) is 0 Å². The van der Waals surface area contributed by atoms with Gasteiger partial charge in [0.25, 0.3) is 0 Å². The summed E-state index contributed by atoms with van der Waals surface area (Å²) in [5, 5.41) is 0. The molecule has 0 aromatic heterocycles. The summed E-state index contributed by atoms with van der Waals surface area (Å²) in [5.41, 5.74) is -0.347. The molecule has 0 heterocycles. The molecule has 0 amide bonds. The molecule has 0 saturated carbocycles. The molecule has 1 heteroatoms. The van der Waals surface area contributed by atoms with Crippen molar-refractivity contribution >= 4 is 5.78 Å². The molecule has 0 unspecified atom stereocenters. The van der Waals surface area contributed by atoms with Crippen LogP contribution in [0.1, 0.15) is 74.7 Å². The highest BCUT2D eigenvalue weighted by molar-refractivity contribution is 5.90. The Morgan fingerprint density at radius 3 is 1.31 bits per heavy atom. The van der Waals surface area contributed by atoms with Crippen LogP contribution in [-0.4, -0.2) is 5.78 Å². The smallest absolute Gasteiger partial charge is 0.145 e. The standard InChI is InChI=1S/C15H30O/c1-9-15(10-2,11-3)12(16)14(7,8)13(4,5)6/h9-11H2,1-8H3. The minimum atomic E-state index is -0.255. The molecular weight excluding hydrogens is 196 g/mol. The maximum absolute atomic E-state index is 12.8. The minimum Gasteiger partial charge on any atom is -0.298 e. The van der Waals surface area contributed by atoms with E-state index in [9.17, 15) is 4.79 Å². The maximum atomic E-state index is 12.8. The molecule has 0 N–H and O–H groups in total. The summed E-state index contributed by atoms with van der Waals surface area (Å²) in [5.74, 6) is 0.444. The fourth-order valence-corrected chi connectivity index (χ4v) is 2.24. The monoisotopic (exact) mass is 226 g/mol. The third kappa shape index (κ3) is 2.49. The number of rotatable bonds is 5. The van der Waals surface area contributed by atoms with Crippen molar-refractivity contribution in [1.29, 1.82) is 0 Å². The van der Waals surface area contributed by atoms with Crippen molar-refractivity contribution in [1.82, 2.24) is 0 Å². The number of Topliss-reactive ketones (excluding diaryl/α,β-unsaturated/α-hetero) is 1. The van der Waals surface area contributed by atoms with E-state index in [1.165, 1.54) is 0 Å². The molecule has 0 bridgehead atoms. The zero-order valence-electron chi connectivity index (χ0n) is 12.5. The van der Waals surface area contributed by atoms with E-state index in [2.05, 4.69) is 55.4 Å². The zero-order chi connectivity index (χ0) is 13.2. The van der Waals surface area contributed by atoms with E-state index in [-0.39, 0.29) is 16.2 Å². The normalized spacial score (nSPS) is 14.0. The summed E-state index contributed by atoms with van der Waals surface area (Å²) >= 11 is 0. The Kier molecular flexibility index (Phi) is 4.79. The molecule has 0 saturated heterocycles. The van der Waals surface area contributed by atoms with Gasteiger partial charge in [0, 0.05) is 10.8 Å². The lowest BCUT2D eigenvalue weighted by Gasteiger charge is -2.44. The molecule has 0 fully saturated rings. The van der Waals surface area contributed by atoms with Gasteiger partial charge in [-0.3, -0.25) is 4.79 Å². The van der Waals surface area contributed by atoms with Crippen LogP contribution in [0.15, 0.2) is 0 Å². The summed E-state index contributed by atoms with van der Waals surface area (Å²) in [6.45, 7) is 17.1. The molecule has 0 aliphatic rings. The Balaban J connectivity index is 5.33. The topological polar surface area (TPSA) is 17.1 Å². The van der Waals surface area contributed by atoms with Crippen LogP contribution in [-0.2, 0) is 4.79 Å². The summed E-state index contributed by atoms with van der Waals surface area (Å²) in [6, 6.07) is 0. The van der Waals surface area contributed by atoms with Crippen LogP contribution in [0.5, 0.6) is 0 Å². The van der Waals surface area contributed by atoms with Crippen molar-refractivity contribution in [3.63, 3.8) is 0 Å². The van der Waals surface area contributed by atoms with Gasteiger partial charge in [-0.2, -0.15) is 0 Å². The number of carbonyl (C=O) groups is 1. The summed E-state index contributed by atoms with van der Waals surface area (Å²) < 4.78 is 0. The van der Waals surface area contributed by atoms with E-state index in [1.807, 2.05) is 0 Å². The van der Waals surface area contributed by atoms with E-state index in [0.29, 0.717) is 5.78 Å². The first-order valence-electron chi connectivity index (χ1n) is 6.64. The van der Waals surface area contributed by atoms with Gasteiger partial charge in [0.05, 0.1) is 0 Å². The van der Waals surface area contributed by atoms with Gasteiger partial charge < -0.3 is 0 Å². The molecule has 96 valence electrons. The zero-order valence-corrected chi connectivity index (χ0v) is 12.5. The first-order chi connectivity index (χ1) is 7.09. The largest absolute Gasteiger partial charge is 0.298 e. The average Bonchev–Trinajstić information content (AvgIpc) is 2.19. The van der Waals surface area contributed by atoms with E-state index >= 15 is 0 Å². The van der Waals surface area contributed by atoms with Crippen molar-refractivity contribution in [3.8, 4) is 0 Å². The quantitative estimate of drug-likeness (QED) is 0.655. The van der Waals surface area contributed by atoms with Gasteiger partial charge in [-0.1, -0.05) is 55.4 Å². The van der Waals surface area contributed by atoms with Gasteiger partial charge in [0.15, 0.2) is 0 Å². The fourth-order valence-electron chi connectivity index (χ4n) is 2.24. The molecule has 1 nitrogen and oxygen atoms in total. The number of carbonyl (C=O) groups excluding carboxylic acids is 1. The molecule has 0 spiro atoms. The van der Waals surface area contributed by atoms with Crippen LogP contribution in [0.25, 0.3) is 0 Å². The second-order valence-electron chi connectivity index (χ2n) is 6.55. The SMILES string of the molecule is CCC(CC)(CC)C(=O)C(C)(C)C(C)(C)C. The Bertz CT molecular complexity index is 226. The number of hydrogen-bond donors (Lipinski definition) is 0. The van der Waals surface area contributed by atoms with E-state index in [0.717, 1.165) is 19.3 Å². The van der Waals surface area contributed by atoms with Gasteiger partial charge in [-0.15, -0.1) is 0 Å². The van der Waals surface area contributed by atoms with Crippen LogP contribution >= 0.6 is 0 Å². The molecule has 16 heavy (non-hydrogen) atoms. The van der Waals surface area contributed by atoms with E-state index in [1.54, 1.807) is 0 Å². The minimum absolute atomic E-state index is 0.0227. The van der Waals surface area contributed by atoms with Crippen LogP contribution in [0.3, 0.4) is 0 Å². The second kappa shape index (κ2) is 4.89. The van der Waals surface area contributed by atoms with Gasteiger partial charge in [0.2, 0.25) is 0 Å². The summed E-state index contributed by atoms with van der Waals surface area (Å²) in [4.78, 5) is 12.8. The van der Waals surface area contributed by atoms with Gasteiger partial charge >= 0.3 is 0 Å². The number of hydrogen-bond acceptors (Lipinski definition) is 1. The predicted octanol–water partition coefficient (Wildman–Crippen LogP) is 4.84. The van der Waals surface area contributed by atoms with Crippen LogP contribution in [0, 0.1) is 16.2 Å². The molecule has 0 atom stereocenters. The first-order valence-corrected chi connectivity index (χ1v) is 6.64. The Morgan fingerprint density at radius 1 is 0.812 bits per heavy atom. The second-order valence-corrected chi connectivity index (χ2v) is 6.55. The molecule has 0 aromatic carbocycles. The third-order valence-corrected chi connectivity index (χ3v) is 4.95. The Morgan fingerprint density at radius 2 is 1.12 bits per heavy atom. The van der Waals surface area contributed by atoms with Crippen LogP contribution in [0.2, 0.25) is 0 Å². The maximum Gasteiger partial charge on any atom is 0.145 e. The Hall–Kier alpha value is -0.330. The number of ketones is 1. The molecule has 0 aliphatic carbocycles. The Labute approximate surface area is 102 Å². The van der Waals surface area contributed by atoms with Crippen molar-refractivity contribution in [2.75, 3.05) is 0 Å². The van der Waals surface area contributed by atoms with Crippen LogP contribution in [0.4, 0.5) is 0 Å². The molecule has 0 aromatic rings. The molecule has 0 radical (unpaired) electrons. The summed E-state index contributed by atoms with van der Waals surface area (Å²) in [7, 11) is 0. The highest BCUT2D eigenvalue weighted by atomic mass is 16.1. The summed E-state index contributed by atoms with van der Waals surface area (Å²) in [6.07, 6.45) is 2.87. The van der Waals surface area contributed by atoms with Gasteiger partial charge in [0.1, 0.15) is 5.78 Å². The van der Waals surface area contributed by atoms with E-state index in [4.69, 9.17) is 0 Å². The van der Waals surface area contributed by atoms with Gasteiger partial charge in [-0.05, 0) is 24.7 Å². The molecular formula is C15H30O. The molecule has 0 rings (SSSR count). The van der Waals surface area contributed by atoms with Crippen molar-refractivity contribution in [2.45, 2.75) is 74.7 Å². The fraction of sp³-hybridized carbons (Fsp3) is 0.933. The lowest BCUT2D eigenvalue weighted by atomic mass is 9.58. The predicted molar refractivity (Wildman–Crippen MR) is 71.5 cm³/mol. The van der Waals surface area contributed by atoms with Crippen molar-refractivity contribution < 1.29 is 4.79 Å². The third-order valence-electron chi connectivity index (χ3n) is 4.95. The lowest BCUT2D eigenvalue weighted by molar-refractivity contribution is -0.144. The van der Waals surface area contributed by atoms with Crippen LogP contribution < -0.4 is 0 Å². The highest BCUT2D eigenvalue weighted by Gasteiger charge is 2.47. The van der Waals surface area contributed by atoms with E-state index < -0.39 is 0 Å². The molecule has 0 aliphatic heterocycles. The first kappa shape index (κ1) is 15.7. The average molecular weight is 226 g/mol. The van der Waals surface area contributed by atoms with Crippen molar-refractivity contribution in [3.05, 3.63) is 0 Å². The lowest BCUT2D eigenvalue weighted by Crippen LogP contribution is -2.46.